The van der Waals surface area contributed by atoms with Gasteiger partial charge in [-0.05, 0) is 36.2 Å². The van der Waals surface area contributed by atoms with E-state index < -0.39 is 0 Å². The Hall–Kier alpha value is -2.99. The molecule has 0 saturated carbocycles. The number of aromatic nitrogens is 1. The SMILES string of the molecule is Cc1csc(NC(=O)c2ccc3c(c2)C[C@H](c2ccccc2)OC3=O)n1. The fraction of sp³-hybridized carbons (Fsp3) is 0.150. The van der Waals surface area contributed by atoms with Gasteiger partial charge in [-0.15, -0.1) is 11.3 Å². The number of carbonyl (C=O) groups is 2. The molecule has 130 valence electrons. The van der Waals surface area contributed by atoms with Crippen LogP contribution in [0.5, 0.6) is 0 Å². The van der Waals surface area contributed by atoms with Crippen molar-refractivity contribution in [1.82, 2.24) is 4.98 Å². The molecule has 4 rings (SSSR count). The third kappa shape index (κ3) is 3.23. The first-order valence-electron chi connectivity index (χ1n) is 8.22. The van der Waals surface area contributed by atoms with Crippen molar-refractivity contribution < 1.29 is 14.3 Å². The maximum absolute atomic E-state index is 12.5. The Bertz CT molecular complexity index is 982. The quantitative estimate of drug-likeness (QED) is 0.709. The number of aryl methyl sites for hydroxylation is 1. The molecule has 2 heterocycles. The molecule has 0 fully saturated rings. The molecule has 26 heavy (non-hydrogen) atoms. The van der Waals surface area contributed by atoms with Gasteiger partial charge < -0.3 is 4.74 Å². The summed E-state index contributed by atoms with van der Waals surface area (Å²) in [5.74, 6) is -0.597. The summed E-state index contributed by atoms with van der Waals surface area (Å²) < 4.78 is 5.55. The van der Waals surface area contributed by atoms with Crippen LogP contribution in [0.3, 0.4) is 0 Å². The summed E-state index contributed by atoms with van der Waals surface area (Å²) in [7, 11) is 0. The largest absolute Gasteiger partial charge is 0.454 e. The molecule has 1 aromatic heterocycles. The Morgan fingerprint density at radius 2 is 2.04 bits per heavy atom. The van der Waals surface area contributed by atoms with E-state index in [1.165, 1.54) is 11.3 Å². The van der Waals surface area contributed by atoms with Crippen LogP contribution in [0, 0.1) is 6.92 Å². The third-order valence-electron chi connectivity index (χ3n) is 4.25. The zero-order valence-corrected chi connectivity index (χ0v) is 14.9. The zero-order valence-electron chi connectivity index (χ0n) is 14.1. The molecule has 1 atom stereocenters. The van der Waals surface area contributed by atoms with Crippen LogP contribution in [0.25, 0.3) is 0 Å². The highest BCUT2D eigenvalue weighted by Gasteiger charge is 2.28. The van der Waals surface area contributed by atoms with Gasteiger partial charge in [-0.25, -0.2) is 9.78 Å². The average molecular weight is 364 g/mol. The first-order chi connectivity index (χ1) is 12.6. The summed E-state index contributed by atoms with van der Waals surface area (Å²) in [5.41, 5.74) is 3.64. The Kier molecular flexibility index (Phi) is 4.26. The van der Waals surface area contributed by atoms with Crippen LogP contribution in [0.1, 0.15) is 43.6 Å². The molecule has 0 radical (unpaired) electrons. The van der Waals surface area contributed by atoms with E-state index in [-0.39, 0.29) is 18.0 Å². The van der Waals surface area contributed by atoms with Gasteiger partial charge in [0, 0.05) is 17.4 Å². The summed E-state index contributed by atoms with van der Waals surface area (Å²) in [6, 6.07) is 14.7. The summed E-state index contributed by atoms with van der Waals surface area (Å²) in [5, 5.41) is 5.23. The van der Waals surface area contributed by atoms with Gasteiger partial charge in [0.1, 0.15) is 6.10 Å². The summed E-state index contributed by atoms with van der Waals surface area (Å²) in [4.78, 5) is 29.0. The lowest BCUT2D eigenvalue weighted by Crippen LogP contribution is -2.23. The molecule has 0 saturated heterocycles. The minimum Gasteiger partial charge on any atom is -0.454 e. The first kappa shape index (κ1) is 16.5. The molecule has 1 aliphatic rings. The minimum atomic E-state index is -0.359. The highest BCUT2D eigenvalue weighted by atomic mass is 32.1. The lowest BCUT2D eigenvalue weighted by atomic mass is 9.93. The van der Waals surface area contributed by atoms with Gasteiger partial charge in [-0.3, -0.25) is 10.1 Å². The van der Waals surface area contributed by atoms with Gasteiger partial charge >= 0.3 is 5.97 Å². The number of hydrogen-bond acceptors (Lipinski definition) is 5. The summed E-state index contributed by atoms with van der Waals surface area (Å²) >= 11 is 1.38. The smallest absolute Gasteiger partial charge is 0.339 e. The van der Waals surface area contributed by atoms with Crippen molar-refractivity contribution in [3.05, 3.63) is 81.9 Å². The van der Waals surface area contributed by atoms with Crippen molar-refractivity contribution in [3.63, 3.8) is 0 Å². The van der Waals surface area contributed by atoms with E-state index >= 15 is 0 Å². The van der Waals surface area contributed by atoms with Gasteiger partial charge in [-0.1, -0.05) is 30.3 Å². The van der Waals surface area contributed by atoms with Crippen LogP contribution in [-0.2, 0) is 11.2 Å². The van der Waals surface area contributed by atoms with Gasteiger partial charge in [0.05, 0.1) is 11.3 Å². The number of cyclic esters (lactones) is 1. The van der Waals surface area contributed by atoms with Crippen LogP contribution in [0.4, 0.5) is 5.13 Å². The molecule has 1 amide bonds. The Balaban J connectivity index is 1.59. The zero-order chi connectivity index (χ0) is 18.1. The predicted molar refractivity (Wildman–Crippen MR) is 99.5 cm³/mol. The minimum absolute atomic E-state index is 0.239. The number of thiazole rings is 1. The lowest BCUT2D eigenvalue weighted by molar-refractivity contribution is 0.0252. The van der Waals surface area contributed by atoms with E-state index in [4.69, 9.17) is 4.74 Å². The Morgan fingerprint density at radius 3 is 2.77 bits per heavy atom. The fourth-order valence-electron chi connectivity index (χ4n) is 2.97. The second-order valence-electron chi connectivity index (χ2n) is 6.13. The monoisotopic (exact) mass is 364 g/mol. The van der Waals surface area contributed by atoms with E-state index in [2.05, 4.69) is 10.3 Å². The van der Waals surface area contributed by atoms with Crippen LogP contribution in [0.2, 0.25) is 0 Å². The van der Waals surface area contributed by atoms with Crippen molar-refractivity contribution in [2.75, 3.05) is 5.32 Å². The topological polar surface area (TPSA) is 68.3 Å². The van der Waals surface area contributed by atoms with Crippen molar-refractivity contribution in [2.24, 2.45) is 0 Å². The van der Waals surface area contributed by atoms with Gasteiger partial charge in [-0.2, -0.15) is 0 Å². The van der Waals surface area contributed by atoms with E-state index in [1.807, 2.05) is 42.6 Å². The molecule has 1 N–H and O–H groups in total. The second-order valence-corrected chi connectivity index (χ2v) is 6.99. The summed E-state index contributed by atoms with van der Waals surface area (Å²) in [6.45, 7) is 1.88. The number of hydrogen-bond donors (Lipinski definition) is 1. The number of nitrogens with zero attached hydrogens (tertiary/aromatic N) is 1. The molecule has 5 nitrogen and oxygen atoms in total. The standard InChI is InChI=1S/C20H16N2O3S/c1-12-11-26-20(21-12)22-18(23)14-7-8-16-15(9-14)10-17(25-19(16)24)13-5-3-2-4-6-13/h2-9,11,17H,10H2,1H3,(H,21,22,23)/t17-/m1/s1. The highest BCUT2D eigenvalue weighted by molar-refractivity contribution is 7.13. The highest BCUT2D eigenvalue weighted by Crippen LogP contribution is 2.31. The molecule has 6 heteroatoms. The molecule has 0 unspecified atom stereocenters. The number of fused-ring (bicyclic) bond motifs is 1. The van der Waals surface area contributed by atoms with Gasteiger partial charge in [0.25, 0.3) is 5.91 Å². The van der Waals surface area contributed by atoms with E-state index in [0.29, 0.717) is 22.7 Å². The van der Waals surface area contributed by atoms with Gasteiger partial charge in [0.15, 0.2) is 5.13 Å². The first-order valence-corrected chi connectivity index (χ1v) is 9.10. The van der Waals surface area contributed by atoms with Crippen molar-refractivity contribution in [2.45, 2.75) is 19.4 Å². The van der Waals surface area contributed by atoms with Crippen LogP contribution >= 0.6 is 11.3 Å². The number of benzene rings is 2. The molecule has 1 aliphatic heterocycles. The fourth-order valence-corrected chi connectivity index (χ4v) is 3.65. The van der Waals surface area contributed by atoms with Crippen LogP contribution in [0.15, 0.2) is 53.9 Å². The van der Waals surface area contributed by atoms with E-state index in [9.17, 15) is 9.59 Å². The van der Waals surface area contributed by atoms with E-state index in [1.54, 1.807) is 18.2 Å². The normalized spacial score (nSPS) is 15.9. The van der Waals surface area contributed by atoms with Gasteiger partial charge in [0.2, 0.25) is 0 Å². The number of carbonyl (C=O) groups excluding carboxylic acids is 2. The molecule has 3 aromatic rings. The number of rotatable bonds is 3. The molecular formula is C20H16N2O3S. The number of amides is 1. The number of esters is 1. The second kappa shape index (κ2) is 6.72. The summed E-state index contributed by atoms with van der Waals surface area (Å²) in [6.07, 6.45) is 0.207. The maximum Gasteiger partial charge on any atom is 0.339 e. The molecule has 0 spiro atoms. The van der Waals surface area contributed by atoms with Crippen molar-refractivity contribution >= 4 is 28.3 Å². The number of anilines is 1. The molecular weight excluding hydrogens is 348 g/mol. The molecule has 0 aliphatic carbocycles. The van der Waals surface area contributed by atoms with Crippen molar-refractivity contribution in [3.8, 4) is 0 Å². The van der Waals surface area contributed by atoms with Crippen molar-refractivity contribution in [1.29, 1.82) is 0 Å². The molecule has 0 bridgehead atoms. The molecule has 2 aromatic carbocycles. The third-order valence-corrected chi connectivity index (χ3v) is 5.13. The Morgan fingerprint density at radius 1 is 1.23 bits per heavy atom. The van der Waals surface area contributed by atoms with E-state index in [0.717, 1.165) is 16.8 Å². The van der Waals surface area contributed by atoms with Crippen LogP contribution < -0.4 is 5.32 Å². The lowest BCUT2D eigenvalue weighted by Gasteiger charge is -2.25. The maximum atomic E-state index is 12.5. The van der Waals surface area contributed by atoms with Crippen LogP contribution in [-0.4, -0.2) is 16.9 Å². The Labute approximate surface area is 154 Å². The number of nitrogens with one attached hydrogen (secondary N) is 1. The average Bonchev–Trinajstić information content (AvgIpc) is 3.06. The number of ether oxygens (including phenoxy) is 1. The predicted octanol–water partition coefficient (Wildman–Crippen LogP) is 4.16.